The van der Waals surface area contributed by atoms with E-state index in [1.165, 1.54) is 68.5 Å². The molecule has 0 aromatic heterocycles. The number of rotatable bonds is 6. The first-order chi connectivity index (χ1) is 14.8. The predicted octanol–water partition coefficient (Wildman–Crippen LogP) is 4.61. The van der Waals surface area contributed by atoms with Crippen LogP contribution >= 0.6 is 11.6 Å². The second kappa shape index (κ2) is 9.27. The van der Waals surface area contributed by atoms with Crippen molar-refractivity contribution in [3.63, 3.8) is 0 Å². The average Bonchev–Trinajstić information content (AvgIpc) is 3.25. The predicted molar refractivity (Wildman–Crippen MR) is 125 cm³/mol. The van der Waals surface area contributed by atoms with Gasteiger partial charge in [-0.25, -0.2) is 4.99 Å². The lowest BCUT2D eigenvalue weighted by Gasteiger charge is -2.37. The maximum atomic E-state index is 6.36. The molecule has 3 aliphatic heterocycles. The van der Waals surface area contributed by atoms with Crippen molar-refractivity contribution in [1.29, 1.82) is 0 Å². The minimum absolute atomic E-state index is 0.486. The van der Waals surface area contributed by atoms with Crippen LogP contribution in [0.3, 0.4) is 0 Å². The van der Waals surface area contributed by atoms with Gasteiger partial charge in [-0.05, 0) is 50.8 Å². The highest BCUT2D eigenvalue weighted by atomic mass is 35.5. The van der Waals surface area contributed by atoms with Crippen molar-refractivity contribution in [3.05, 3.63) is 22.7 Å². The molecule has 30 heavy (non-hydrogen) atoms. The largest absolute Gasteiger partial charge is 0.491 e. The van der Waals surface area contributed by atoms with Crippen LogP contribution in [-0.4, -0.2) is 62.3 Å². The van der Waals surface area contributed by atoms with Crippen LogP contribution in [0.5, 0.6) is 5.75 Å². The molecule has 2 fully saturated rings. The molecule has 3 heterocycles. The van der Waals surface area contributed by atoms with Crippen LogP contribution in [-0.2, 0) is 6.42 Å². The Balaban J connectivity index is 1.06. The van der Waals surface area contributed by atoms with E-state index in [1.54, 1.807) is 0 Å². The molecular weight excluding hydrogens is 396 g/mol. The number of piperazine rings is 1. The van der Waals surface area contributed by atoms with Gasteiger partial charge >= 0.3 is 0 Å². The van der Waals surface area contributed by atoms with Crippen molar-refractivity contribution >= 4 is 29.3 Å². The van der Waals surface area contributed by atoms with Crippen molar-refractivity contribution in [2.24, 2.45) is 15.9 Å². The van der Waals surface area contributed by atoms with Gasteiger partial charge < -0.3 is 9.64 Å². The van der Waals surface area contributed by atoms with Gasteiger partial charge in [-0.2, -0.15) is 0 Å². The number of benzene rings is 1. The van der Waals surface area contributed by atoms with Crippen molar-refractivity contribution in [2.75, 3.05) is 44.2 Å². The van der Waals surface area contributed by atoms with E-state index >= 15 is 0 Å². The molecule has 0 N–H and O–H groups in total. The third-order valence-corrected chi connectivity index (χ3v) is 7.46. The highest BCUT2D eigenvalue weighted by molar-refractivity contribution is 6.31. The summed E-state index contributed by atoms with van der Waals surface area (Å²) in [5.74, 6) is 1.69. The monoisotopic (exact) mass is 428 g/mol. The van der Waals surface area contributed by atoms with Gasteiger partial charge in [0.15, 0.2) is 0 Å². The molecule has 1 aromatic rings. The first-order valence-electron chi connectivity index (χ1n) is 11.8. The fraction of sp³-hybridized carbons (Fsp3) is 0.667. The summed E-state index contributed by atoms with van der Waals surface area (Å²) in [7, 11) is 0. The molecule has 2 unspecified atom stereocenters. The van der Waals surface area contributed by atoms with E-state index in [9.17, 15) is 0 Å². The van der Waals surface area contributed by atoms with E-state index in [4.69, 9.17) is 21.3 Å². The SMILES string of the molecule is Clc1cc2c(c(N3CCN(CCCCC4N=CN=C5CCCCC54)CC3)c1)OCC2. The Bertz CT molecular complexity index is 816. The highest BCUT2D eigenvalue weighted by Crippen LogP contribution is 2.39. The Morgan fingerprint density at radius 3 is 2.87 bits per heavy atom. The maximum absolute atomic E-state index is 6.36. The number of hydrogen-bond donors (Lipinski definition) is 0. The van der Waals surface area contributed by atoms with Crippen LogP contribution in [0.4, 0.5) is 5.69 Å². The molecule has 0 spiro atoms. The minimum Gasteiger partial charge on any atom is -0.491 e. The van der Waals surface area contributed by atoms with E-state index in [0.717, 1.165) is 50.0 Å². The summed E-state index contributed by atoms with van der Waals surface area (Å²) in [6, 6.07) is 4.62. The van der Waals surface area contributed by atoms with Gasteiger partial charge in [0.2, 0.25) is 0 Å². The van der Waals surface area contributed by atoms with E-state index in [-0.39, 0.29) is 0 Å². The molecule has 1 saturated carbocycles. The Morgan fingerprint density at radius 2 is 1.97 bits per heavy atom. The fourth-order valence-corrected chi connectivity index (χ4v) is 5.79. The number of halogens is 1. The lowest BCUT2D eigenvalue weighted by molar-refractivity contribution is 0.249. The second-order valence-corrected chi connectivity index (χ2v) is 9.58. The van der Waals surface area contributed by atoms with Crippen LogP contribution in [0, 0.1) is 5.92 Å². The van der Waals surface area contributed by atoms with Crippen molar-refractivity contribution in [2.45, 2.75) is 57.4 Å². The van der Waals surface area contributed by atoms with Crippen LogP contribution in [0.2, 0.25) is 5.02 Å². The first kappa shape index (κ1) is 20.3. The summed E-state index contributed by atoms with van der Waals surface area (Å²) in [6.45, 7) is 6.29. The fourth-order valence-electron chi connectivity index (χ4n) is 5.56. The van der Waals surface area contributed by atoms with Crippen LogP contribution in [0.25, 0.3) is 0 Å². The molecule has 0 bridgehead atoms. The molecule has 1 saturated heterocycles. The molecule has 5 rings (SSSR count). The number of ether oxygens (including phenoxy) is 1. The zero-order chi connectivity index (χ0) is 20.3. The smallest absolute Gasteiger partial charge is 0.146 e. The first-order valence-corrected chi connectivity index (χ1v) is 12.2. The molecule has 6 heteroatoms. The van der Waals surface area contributed by atoms with Crippen molar-refractivity contribution in [3.8, 4) is 5.75 Å². The molecule has 1 aliphatic carbocycles. The van der Waals surface area contributed by atoms with E-state index in [2.05, 4.69) is 26.9 Å². The number of fused-ring (bicyclic) bond motifs is 2. The quantitative estimate of drug-likeness (QED) is 0.621. The number of aliphatic imine (C=N–C) groups is 2. The average molecular weight is 429 g/mol. The number of hydrogen-bond acceptors (Lipinski definition) is 5. The van der Waals surface area contributed by atoms with Gasteiger partial charge in [-0.3, -0.25) is 9.89 Å². The van der Waals surface area contributed by atoms with Gasteiger partial charge in [0.05, 0.1) is 18.3 Å². The van der Waals surface area contributed by atoms with Crippen molar-refractivity contribution < 1.29 is 4.74 Å². The third kappa shape index (κ3) is 4.38. The second-order valence-electron chi connectivity index (χ2n) is 9.14. The van der Waals surface area contributed by atoms with Gasteiger partial charge in [0, 0.05) is 54.8 Å². The van der Waals surface area contributed by atoms with Gasteiger partial charge in [0.1, 0.15) is 12.1 Å². The molecule has 0 amide bonds. The Labute approximate surface area is 185 Å². The Hall–Kier alpha value is -1.59. The molecule has 2 atom stereocenters. The lowest BCUT2D eigenvalue weighted by atomic mass is 9.80. The van der Waals surface area contributed by atoms with Gasteiger partial charge in [-0.1, -0.05) is 24.4 Å². The highest BCUT2D eigenvalue weighted by Gasteiger charge is 2.30. The minimum atomic E-state index is 0.486. The van der Waals surface area contributed by atoms with Gasteiger partial charge in [-0.15, -0.1) is 0 Å². The van der Waals surface area contributed by atoms with Crippen molar-refractivity contribution in [1.82, 2.24) is 4.90 Å². The third-order valence-electron chi connectivity index (χ3n) is 7.24. The molecule has 4 aliphatic rings. The zero-order valence-corrected chi connectivity index (χ0v) is 18.6. The topological polar surface area (TPSA) is 40.4 Å². The Morgan fingerprint density at radius 1 is 1.07 bits per heavy atom. The molecular formula is C24H33ClN4O. The van der Waals surface area contributed by atoms with Crippen LogP contribution in [0.1, 0.15) is 50.5 Å². The molecule has 1 aromatic carbocycles. The number of nitrogens with zero attached hydrogens (tertiary/aromatic N) is 4. The normalized spacial score (nSPS) is 26.2. The number of anilines is 1. The molecule has 162 valence electrons. The Kier molecular flexibility index (Phi) is 6.28. The molecule has 5 nitrogen and oxygen atoms in total. The summed E-state index contributed by atoms with van der Waals surface area (Å²) in [6.07, 6.45) is 11.7. The zero-order valence-electron chi connectivity index (χ0n) is 17.9. The maximum Gasteiger partial charge on any atom is 0.146 e. The van der Waals surface area contributed by atoms with E-state index < -0.39 is 0 Å². The van der Waals surface area contributed by atoms with Crippen LogP contribution in [0.15, 0.2) is 22.1 Å². The summed E-state index contributed by atoms with van der Waals surface area (Å²) in [5.41, 5.74) is 3.88. The van der Waals surface area contributed by atoms with Gasteiger partial charge in [0.25, 0.3) is 0 Å². The van der Waals surface area contributed by atoms with Crippen LogP contribution < -0.4 is 9.64 Å². The summed E-state index contributed by atoms with van der Waals surface area (Å²) < 4.78 is 5.91. The lowest BCUT2D eigenvalue weighted by Crippen LogP contribution is -2.46. The molecule has 0 radical (unpaired) electrons. The summed E-state index contributed by atoms with van der Waals surface area (Å²) >= 11 is 6.36. The summed E-state index contributed by atoms with van der Waals surface area (Å²) in [4.78, 5) is 14.3. The van der Waals surface area contributed by atoms with E-state index in [1.807, 2.05) is 6.34 Å². The number of unbranched alkanes of at least 4 members (excludes halogenated alkanes) is 1. The standard InChI is InChI=1S/C24H33ClN4O/c25-19-15-18-8-14-30-24(18)23(16-19)29-12-10-28(11-13-29)9-4-3-7-22-20-5-1-2-6-21(20)26-17-27-22/h15-17,20,22H,1-14H2. The van der Waals surface area contributed by atoms with E-state index in [0.29, 0.717) is 12.0 Å². The summed E-state index contributed by atoms with van der Waals surface area (Å²) in [5, 5.41) is 0.827.